The van der Waals surface area contributed by atoms with Crippen molar-refractivity contribution in [1.29, 1.82) is 0 Å². The highest BCUT2D eigenvalue weighted by atomic mass is 19.1. The van der Waals surface area contributed by atoms with Gasteiger partial charge in [0.25, 0.3) is 0 Å². The van der Waals surface area contributed by atoms with Gasteiger partial charge in [-0.3, -0.25) is 4.79 Å². The van der Waals surface area contributed by atoms with Crippen LogP contribution in [0.4, 0.5) is 4.39 Å². The van der Waals surface area contributed by atoms with Gasteiger partial charge in [0.05, 0.1) is 26.4 Å². The van der Waals surface area contributed by atoms with Gasteiger partial charge in [0.1, 0.15) is 5.82 Å². The van der Waals surface area contributed by atoms with Crippen molar-refractivity contribution in [3.05, 3.63) is 81.9 Å². The molecule has 2 aromatic carbocycles. The molecule has 0 aromatic heterocycles. The molecule has 2 atom stereocenters. The van der Waals surface area contributed by atoms with Gasteiger partial charge in [-0.25, -0.2) is 9.18 Å². The minimum atomic E-state index is -0.616. The Kier molecular flexibility index (Phi) is 7.24. The van der Waals surface area contributed by atoms with Crippen LogP contribution >= 0.6 is 0 Å². The first-order valence-corrected chi connectivity index (χ1v) is 11.8. The van der Waals surface area contributed by atoms with Gasteiger partial charge in [-0.2, -0.15) is 0 Å². The Balaban J connectivity index is 1.75. The molecule has 4 rings (SSSR count). The molecule has 0 bridgehead atoms. The molecule has 0 radical (unpaired) electrons. The number of dihydropyridines is 1. The summed E-state index contributed by atoms with van der Waals surface area (Å²) in [6, 6.07) is 11.6. The number of halogens is 1. The average Bonchev–Trinajstić information content (AvgIpc) is 2.86. The van der Waals surface area contributed by atoms with Gasteiger partial charge >= 0.3 is 5.97 Å². The van der Waals surface area contributed by atoms with E-state index in [2.05, 4.69) is 5.32 Å². The number of allylic oxidation sites excluding steroid dienone is 3. The molecular formula is C28H30FNO5. The van der Waals surface area contributed by atoms with Gasteiger partial charge in [-0.05, 0) is 61.1 Å². The molecule has 0 spiro atoms. The Bertz CT molecular complexity index is 1200. The first kappa shape index (κ1) is 24.5. The third-order valence-corrected chi connectivity index (χ3v) is 6.57. The second-order valence-electron chi connectivity index (χ2n) is 8.82. The first-order valence-electron chi connectivity index (χ1n) is 11.8. The molecule has 0 amide bonds. The van der Waals surface area contributed by atoms with E-state index in [-0.39, 0.29) is 30.5 Å². The number of ether oxygens (including phenoxy) is 3. The molecule has 1 aliphatic carbocycles. The maximum absolute atomic E-state index is 13.7. The number of carbonyl (C=O) groups excluding carboxylic acids is 2. The van der Waals surface area contributed by atoms with Crippen LogP contribution in [0.2, 0.25) is 0 Å². The molecule has 1 N–H and O–H groups in total. The summed E-state index contributed by atoms with van der Waals surface area (Å²) in [5.41, 5.74) is 4.00. The fourth-order valence-corrected chi connectivity index (χ4v) is 4.91. The van der Waals surface area contributed by atoms with Crippen molar-refractivity contribution in [2.45, 2.75) is 44.9 Å². The maximum Gasteiger partial charge on any atom is 0.336 e. The molecule has 7 heteroatoms. The fourth-order valence-electron chi connectivity index (χ4n) is 4.91. The van der Waals surface area contributed by atoms with E-state index in [1.165, 1.54) is 12.1 Å². The van der Waals surface area contributed by atoms with Crippen molar-refractivity contribution in [1.82, 2.24) is 5.32 Å². The van der Waals surface area contributed by atoms with E-state index in [0.717, 1.165) is 11.3 Å². The molecule has 184 valence electrons. The minimum Gasteiger partial charge on any atom is -0.493 e. The summed E-state index contributed by atoms with van der Waals surface area (Å²) in [7, 11) is 3.16. The summed E-state index contributed by atoms with van der Waals surface area (Å²) in [6.45, 7) is 4.02. The van der Waals surface area contributed by atoms with Crippen molar-refractivity contribution in [3.8, 4) is 11.5 Å². The first-order chi connectivity index (χ1) is 16.9. The lowest BCUT2D eigenvalue weighted by atomic mass is 9.71. The number of rotatable bonds is 7. The number of Topliss-reactive ketones (excluding diaryl/α,β-unsaturated/α-hetero) is 1. The molecule has 0 fully saturated rings. The van der Waals surface area contributed by atoms with Crippen LogP contribution in [0.5, 0.6) is 11.5 Å². The smallest absolute Gasteiger partial charge is 0.336 e. The molecule has 0 saturated heterocycles. The van der Waals surface area contributed by atoms with Crippen LogP contribution in [0, 0.1) is 5.82 Å². The Morgan fingerprint density at radius 2 is 1.71 bits per heavy atom. The van der Waals surface area contributed by atoms with Crippen LogP contribution in [0.15, 0.2) is 65.0 Å². The number of hydrogen-bond donors (Lipinski definition) is 1. The highest BCUT2D eigenvalue weighted by Gasteiger charge is 2.41. The van der Waals surface area contributed by atoms with Crippen molar-refractivity contribution in [3.63, 3.8) is 0 Å². The lowest BCUT2D eigenvalue weighted by molar-refractivity contribution is -0.139. The Morgan fingerprint density at radius 3 is 2.37 bits per heavy atom. The largest absolute Gasteiger partial charge is 0.493 e. The molecule has 2 aromatic rings. The third-order valence-electron chi connectivity index (χ3n) is 6.57. The summed E-state index contributed by atoms with van der Waals surface area (Å²) in [5.74, 6) is -0.349. The second kappa shape index (κ2) is 10.3. The summed E-state index contributed by atoms with van der Waals surface area (Å²) < 4.78 is 30.0. The summed E-state index contributed by atoms with van der Waals surface area (Å²) in [4.78, 5) is 26.7. The van der Waals surface area contributed by atoms with E-state index < -0.39 is 11.9 Å². The molecule has 0 saturated carbocycles. The monoisotopic (exact) mass is 479 g/mol. The van der Waals surface area contributed by atoms with Gasteiger partial charge in [0.15, 0.2) is 17.3 Å². The fraction of sp³-hybridized carbons (Fsp3) is 0.357. The van der Waals surface area contributed by atoms with Crippen LogP contribution < -0.4 is 14.8 Å². The topological polar surface area (TPSA) is 73.9 Å². The number of esters is 1. The predicted octanol–water partition coefficient (Wildman–Crippen LogP) is 5.16. The van der Waals surface area contributed by atoms with Gasteiger partial charge in [0, 0.05) is 29.3 Å². The summed E-state index contributed by atoms with van der Waals surface area (Å²) in [6.07, 6.45) is 1.56. The van der Waals surface area contributed by atoms with Crippen molar-refractivity contribution >= 4 is 11.8 Å². The third kappa shape index (κ3) is 4.81. The van der Waals surface area contributed by atoms with Gasteiger partial charge < -0.3 is 19.5 Å². The number of methoxy groups -OCH3 is 2. The lowest BCUT2D eigenvalue weighted by Crippen LogP contribution is -2.36. The molecule has 0 unspecified atom stereocenters. The van der Waals surface area contributed by atoms with Crippen LogP contribution in [-0.4, -0.2) is 32.6 Å². The number of ketones is 1. The molecular weight excluding hydrogens is 449 g/mol. The Hall–Kier alpha value is -3.61. The van der Waals surface area contributed by atoms with E-state index in [0.29, 0.717) is 46.7 Å². The van der Waals surface area contributed by atoms with E-state index in [9.17, 15) is 14.0 Å². The van der Waals surface area contributed by atoms with Crippen LogP contribution in [0.3, 0.4) is 0 Å². The van der Waals surface area contributed by atoms with Gasteiger partial charge in [-0.15, -0.1) is 0 Å². The van der Waals surface area contributed by atoms with E-state index >= 15 is 0 Å². The standard InChI is InChI=1S/C28H30FNO5/c1-5-12-35-28(32)25-16(2)30-21-13-19(18-8-11-23(33-3)24(15-18)34-4)14-22(31)27(21)26(25)17-6-9-20(29)10-7-17/h6-11,15,19,26,30H,5,12-14H2,1-4H3/t19-,26+/m1/s1. The van der Waals surface area contributed by atoms with Crippen molar-refractivity contribution in [2.75, 3.05) is 20.8 Å². The lowest BCUT2D eigenvalue weighted by Gasteiger charge is -2.36. The normalized spacial score (nSPS) is 19.7. The number of nitrogens with one attached hydrogen (secondary N) is 1. The molecule has 1 heterocycles. The summed E-state index contributed by atoms with van der Waals surface area (Å²) in [5, 5.41) is 3.33. The van der Waals surface area contributed by atoms with E-state index in [4.69, 9.17) is 14.2 Å². The quantitative estimate of drug-likeness (QED) is 0.553. The van der Waals surface area contributed by atoms with E-state index in [1.807, 2.05) is 32.0 Å². The van der Waals surface area contributed by atoms with Crippen molar-refractivity contribution in [2.24, 2.45) is 0 Å². The van der Waals surface area contributed by atoms with Crippen LogP contribution in [0.25, 0.3) is 0 Å². The van der Waals surface area contributed by atoms with Gasteiger partial charge in [-0.1, -0.05) is 25.1 Å². The average molecular weight is 480 g/mol. The minimum absolute atomic E-state index is 0.0545. The number of hydrogen-bond acceptors (Lipinski definition) is 6. The molecule has 6 nitrogen and oxygen atoms in total. The predicted molar refractivity (Wildman–Crippen MR) is 130 cm³/mol. The highest BCUT2D eigenvalue weighted by molar-refractivity contribution is 6.04. The van der Waals surface area contributed by atoms with Crippen LogP contribution in [-0.2, 0) is 14.3 Å². The summed E-state index contributed by atoms with van der Waals surface area (Å²) >= 11 is 0. The number of benzene rings is 2. The Morgan fingerprint density at radius 1 is 1.03 bits per heavy atom. The number of carbonyl (C=O) groups is 2. The van der Waals surface area contributed by atoms with Crippen molar-refractivity contribution < 1.29 is 28.2 Å². The zero-order chi connectivity index (χ0) is 25.1. The highest BCUT2D eigenvalue weighted by Crippen LogP contribution is 2.46. The van der Waals surface area contributed by atoms with E-state index in [1.54, 1.807) is 26.4 Å². The second-order valence-corrected chi connectivity index (χ2v) is 8.82. The van der Waals surface area contributed by atoms with Crippen LogP contribution in [0.1, 0.15) is 56.1 Å². The SMILES string of the molecule is CCCOC(=O)C1=C(C)NC2=C(C(=O)C[C@H](c3ccc(OC)c(OC)c3)C2)[C@H]1c1ccc(F)cc1. The maximum atomic E-state index is 13.7. The molecule has 1 aliphatic heterocycles. The zero-order valence-electron chi connectivity index (χ0n) is 20.4. The molecule has 2 aliphatic rings. The van der Waals surface area contributed by atoms with Gasteiger partial charge in [0.2, 0.25) is 0 Å². The zero-order valence-corrected chi connectivity index (χ0v) is 20.4. The molecule has 35 heavy (non-hydrogen) atoms. The Labute approximate surface area is 204 Å².